The zero-order valence-electron chi connectivity index (χ0n) is 15.0. The smallest absolute Gasteiger partial charge is 0.327 e. The number of imidazole rings is 1. The highest BCUT2D eigenvalue weighted by atomic mass is 16.5. The van der Waals surface area contributed by atoms with Crippen LogP contribution in [0.4, 0.5) is 5.82 Å². The Kier molecular flexibility index (Phi) is 5.57. The molecule has 8 nitrogen and oxygen atoms in total. The highest BCUT2D eigenvalue weighted by molar-refractivity contribution is 5.81. The first-order chi connectivity index (χ1) is 12.1. The van der Waals surface area contributed by atoms with Gasteiger partial charge in [-0.05, 0) is 51.6 Å². The van der Waals surface area contributed by atoms with E-state index in [0.717, 1.165) is 32.4 Å². The summed E-state index contributed by atoms with van der Waals surface area (Å²) >= 11 is 0. The van der Waals surface area contributed by atoms with E-state index in [4.69, 9.17) is 10.5 Å². The van der Waals surface area contributed by atoms with E-state index in [9.17, 15) is 4.79 Å². The number of aromatic amines is 1. The van der Waals surface area contributed by atoms with Gasteiger partial charge in [0.25, 0.3) is 0 Å². The first-order valence-electron chi connectivity index (χ1n) is 9.22. The van der Waals surface area contributed by atoms with Gasteiger partial charge in [0, 0.05) is 6.54 Å². The van der Waals surface area contributed by atoms with Gasteiger partial charge >= 0.3 is 11.7 Å². The van der Waals surface area contributed by atoms with Gasteiger partial charge in [-0.25, -0.2) is 4.79 Å². The molecular formula is C17H28N6O2. The number of nitrogen functional groups attached to an aromatic ring is 1. The molecule has 1 aliphatic rings. The van der Waals surface area contributed by atoms with Gasteiger partial charge in [0.1, 0.15) is 5.52 Å². The molecule has 0 radical (unpaired) electrons. The maximum absolute atomic E-state index is 12.3. The lowest BCUT2D eigenvalue weighted by Gasteiger charge is -2.22. The molecule has 1 saturated heterocycles. The van der Waals surface area contributed by atoms with Gasteiger partial charge in [-0.2, -0.15) is 9.97 Å². The van der Waals surface area contributed by atoms with Crippen LogP contribution in [0, 0.1) is 5.92 Å². The number of fused-ring (bicyclic) bond motifs is 1. The average molecular weight is 348 g/mol. The Labute approximate surface area is 147 Å². The molecule has 3 heterocycles. The van der Waals surface area contributed by atoms with Crippen LogP contribution in [0.25, 0.3) is 11.2 Å². The predicted molar refractivity (Wildman–Crippen MR) is 97.8 cm³/mol. The third-order valence-corrected chi connectivity index (χ3v) is 4.79. The Morgan fingerprint density at radius 3 is 3.00 bits per heavy atom. The second kappa shape index (κ2) is 7.86. The summed E-state index contributed by atoms with van der Waals surface area (Å²) in [5.74, 6) is 0.837. The summed E-state index contributed by atoms with van der Waals surface area (Å²) in [6.45, 7) is 6.79. The number of piperidine rings is 1. The van der Waals surface area contributed by atoms with Gasteiger partial charge in [0.15, 0.2) is 11.5 Å². The summed E-state index contributed by atoms with van der Waals surface area (Å²) in [7, 11) is 0. The zero-order chi connectivity index (χ0) is 17.8. The number of aryl methyl sites for hydroxylation is 1. The van der Waals surface area contributed by atoms with Crippen molar-refractivity contribution < 1.29 is 4.74 Å². The van der Waals surface area contributed by atoms with Crippen molar-refractivity contribution in [1.82, 2.24) is 24.8 Å². The van der Waals surface area contributed by atoms with Crippen LogP contribution >= 0.6 is 0 Å². The minimum absolute atomic E-state index is 0.00859. The number of ether oxygens (including phenoxy) is 1. The molecule has 0 aliphatic carbocycles. The summed E-state index contributed by atoms with van der Waals surface area (Å²) < 4.78 is 7.41. The van der Waals surface area contributed by atoms with Gasteiger partial charge in [0.05, 0.1) is 6.10 Å². The highest BCUT2D eigenvalue weighted by Gasteiger charge is 2.18. The quantitative estimate of drug-likeness (QED) is 0.702. The van der Waals surface area contributed by atoms with E-state index in [1.54, 1.807) is 4.57 Å². The third-order valence-electron chi connectivity index (χ3n) is 4.79. The average Bonchev–Trinajstić information content (AvgIpc) is 2.90. The molecular weight excluding hydrogens is 320 g/mol. The van der Waals surface area contributed by atoms with Crippen molar-refractivity contribution in [3.05, 3.63) is 10.5 Å². The van der Waals surface area contributed by atoms with Crippen LogP contribution < -0.4 is 21.5 Å². The van der Waals surface area contributed by atoms with E-state index >= 15 is 0 Å². The predicted octanol–water partition coefficient (Wildman–Crippen LogP) is 1.66. The van der Waals surface area contributed by atoms with E-state index in [2.05, 4.69) is 27.2 Å². The maximum Gasteiger partial charge on any atom is 0.327 e. The van der Waals surface area contributed by atoms with Gasteiger partial charge < -0.3 is 20.8 Å². The van der Waals surface area contributed by atoms with Crippen LogP contribution in [0.15, 0.2) is 4.79 Å². The van der Waals surface area contributed by atoms with Crippen LogP contribution in [0.2, 0.25) is 0 Å². The van der Waals surface area contributed by atoms with Crippen molar-refractivity contribution in [2.24, 2.45) is 5.92 Å². The molecule has 2 aromatic rings. The highest BCUT2D eigenvalue weighted by Crippen LogP contribution is 2.21. The first kappa shape index (κ1) is 17.7. The zero-order valence-corrected chi connectivity index (χ0v) is 15.0. The molecule has 0 amide bonds. The lowest BCUT2D eigenvalue weighted by molar-refractivity contribution is 0.193. The largest absolute Gasteiger partial charge is 0.460 e. The number of anilines is 1. The normalized spacial score (nSPS) is 19.2. The van der Waals surface area contributed by atoms with Crippen molar-refractivity contribution in [3.63, 3.8) is 0 Å². The summed E-state index contributed by atoms with van der Waals surface area (Å²) in [6.07, 6.45) is 5.26. The van der Waals surface area contributed by atoms with Gasteiger partial charge in [0.2, 0.25) is 0 Å². The molecule has 138 valence electrons. The molecule has 3 rings (SSSR count). The fraction of sp³-hybridized carbons (Fsp3) is 0.706. The maximum atomic E-state index is 12.3. The Hall–Kier alpha value is -2.09. The Morgan fingerprint density at radius 2 is 2.28 bits per heavy atom. The number of nitrogens with one attached hydrogen (secondary N) is 2. The van der Waals surface area contributed by atoms with Crippen LogP contribution in [0.3, 0.4) is 0 Å². The second-order valence-electron chi connectivity index (χ2n) is 6.89. The number of nitrogens with zero attached hydrogens (tertiary/aromatic N) is 3. The first-order valence-corrected chi connectivity index (χ1v) is 9.22. The molecule has 1 unspecified atom stereocenters. The van der Waals surface area contributed by atoms with Crippen LogP contribution in [0.5, 0.6) is 6.01 Å². The molecule has 25 heavy (non-hydrogen) atoms. The van der Waals surface area contributed by atoms with Crippen molar-refractivity contribution in [2.75, 3.05) is 18.8 Å². The molecule has 8 heteroatoms. The summed E-state index contributed by atoms with van der Waals surface area (Å²) in [6, 6.07) is 0.234. The molecule has 4 N–H and O–H groups in total. The van der Waals surface area contributed by atoms with Crippen LogP contribution in [-0.4, -0.2) is 38.7 Å². The van der Waals surface area contributed by atoms with Gasteiger partial charge in [-0.1, -0.05) is 13.3 Å². The molecule has 2 aromatic heterocycles. The lowest BCUT2D eigenvalue weighted by atomic mass is 9.96. The lowest BCUT2D eigenvalue weighted by Crippen LogP contribution is -2.31. The number of hydrogen-bond donors (Lipinski definition) is 3. The van der Waals surface area contributed by atoms with Crippen molar-refractivity contribution in [3.8, 4) is 6.01 Å². The summed E-state index contributed by atoms with van der Waals surface area (Å²) in [5, 5.41) is 3.41. The van der Waals surface area contributed by atoms with Gasteiger partial charge in [-0.3, -0.25) is 4.57 Å². The molecule has 2 atom stereocenters. The molecule has 1 fully saturated rings. The molecule has 0 aromatic carbocycles. The van der Waals surface area contributed by atoms with E-state index in [0.29, 0.717) is 23.6 Å². The van der Waals surface area contributed by atoms with Gasteiger partial charge in [-0.15, -0.1) is 0 Å². The fourth-order valence-corrected chi connectivity index (χ4v) is 3.42. The second-order valence-corrected chi connectivity index (χ2v) is 6.89. The number of H-pyrrole nitrogens is 1. The molecule has 0 spiro atoms. The van der Waals surface area contributed by atoms with E-state index in [1.165, 1.54) is 12.8 Å². The van der Waals surface area contributed by atoms with Crippen LogP contribution in [0.1, 0.15) is 46.0 Å². The number of hydrogen-bond acceptors (Lipinski definition) is 6. The Bertz CT molecular complexity index is 762. The Morgan fingerprint density at radius 1 is 1.44 bits per heavy atom. The molecule has 0 saturated carbocycles. The van der Waals surface area contributed by atoms with E-state index in [-0.39, 0.29) is 23.6 Å². The van der Waals surface area contributed by atoms with Crippen molar-refractivity contribution >= 4 is 17.0 Å². The SMILES string of the molecule is CCC[C@H](C)Oc1nc(N)c2[nH]c(=O)n(CCC3CCCNC3)c2n1. The number of rotatable bonds is 7. The Balaban J connectivity index is 1.82. The van der Waals surface area contributed by atoms with Crippen molar-refractivity contribution in [1.29, 1.82) is 0 Å². The third kappa shape index (κ3) is 4.12. The summed E-state index contributed by atoms with van der Waals surface area (Å²) in [5.41, 5.74) is 6.82. The number of aromatic nitrogens is 4. The topological polar surface area (TPSA) is 111 Å². The summed E-state index contributed by atoms with van der Waals surface area (Å²) in [4.78, 5) is 23.7. The van der Waals surface area contributed by atoms with E-state index in [1.807, 2.05) is 6.92 Å². The van der Waals surface area contributed by atoms with Crippen LogP contribution in [-0.2, 0) is 6.54 Å². The molecule has 1 aliphatic heterocycles. The van der Waals surface area contributed by atoms with E-state index < -0.39 is 0 Å². The monoisotopic (exact) mass is 348 g/mol. The molecule has 0 bridgehead atoms. The standard InChI is InChI=1S/C17H28N6O2/c1-3-5-11(2)25-16-21-14(18)13-15(22-16)23(17(24)20-13)9-7-12-6-4-8-19-10-12/h11-12,19H,3-10H2,1-2H3,(H,20,24)(H2,18,21,22)/t11-,12?/m0/s1. The fourth-order valence-electron chi connectivity index (χ4n) is 3.42. The van der Waals surface area contributed by atoms with Crippen molar-refractivity contribution in [2.45, 2.75) is 58.6 Å². The number of nitrogens with two attached hydrogens (primary N) is 1. The minimum Gasteiger partial charge on any atom is -0.460 e. The minimum atomic E-state index is -0.196.